The number of nitrogens with one attached hydrogen (secondary N) is 2. The van der Waals surface area contributed by atoms with E-state index in [-0.39, 0.29) is 12.1 Å². The van der Waals surface area contributed by atoms with Crippen molar-refractivity contribution in [1.82, 2.24) is 30.2 Å². The minimum Gasteiger partial charge on any atom is -0.346 e. The maximum absolute atomic E-state index is 12.0. The summed E-state index contributed by atoms with van der Waals surface area (Å²) in [5, 5.41) is 5.19. The molecule has 0 spiro atoms. The van der Waals surface area contributed by atoms with Crippen LogP contribution in [0.4, 0.5) is 0 Å². The molecule has 1 amide bonds. The number of hydrogen-bond acceptors (Lipinski definition) is 7. The average molecular weight is 328 g/mol. The zero-order chi connectivity index (χ0) is 16.2. The predicted octanol–water partition coefficient (Wildman–Crippen LogP) is 0.922. The smallest absolute Gasteiger partial charge is 0.263 e. The molecule has 9 heteroatoms. The van der Waals surface area contributed by atoms with Gasteiger partial charge < -0.3 is 10.3 Å². The normalized spacial score (nSPS) is 10.5. The third-order valence-electron chi connectivity index (χ3n) is 2.94. The highest BCUT2D eigenvalue weighted by molar-refractivity contribution is 7.13. The number of nitrogens with zero attached hydrogens (tertiary/aromatic N) is 4. The van der Waals surface area contributed by atoms with Crippen LogP contribution in [0.1, 0.15) is 21.9 Å². The van der Waals surface area contributed by atoms with Gasteiger partial charge in [-0.3, -0.25) is 19.6 Å². The molecule has 3 heterocycles. The topological polar surface area (TPSA) is 114 Å². The SMILES string of the molecule is Cc1ncc(C(=O)NCc2csc(-c3cnccn3)n2)c(=O)[nH]1. The van der Waals surface area contributed by atoms with Crippen LogP contribution < -0.4 is 10.9 Å². The summed E-state index contributed by atoms with van der Waals surface area (Å²) in [6.07, 6.45) is 6.06. The zero-order valence-electron chi connectivity index (χ0n) is 12.1. The third kappa shape index (κ3) is 3.46. The number of carbonyl (C=O) groups excluding carboxylic acids is 1. The Balaban J connectivity index is 1.68. The van der Waals surface area contributed by atoms with Gasteiger partial charge in [0.25, 0.3) is 11.5 Å². The molecule has 3 rings (SSSR count). The summed E-state index contributed by atoms with van der Waals surface area (Å²) in [7, 11) is 0. The van der Waals surface area contributed by atoms with E-state index in [4.69, 9.17) is 0 Å². The number of carbonyl (C=O) groups is 1. The molecule has 0 saturated heterocycles. The fourth-order valence-electron chi connectivity index (χ4n) is 1.83. The number of amides is 1. The van der Waals surface area contributed by atoms with Gasteiger partial charge in [0.1, 0.15) is 22.1 Å². The van der Waals surface area contributed by atoms with E-state index in [2.05, 4.69) is 30.2 Å². The molecule has 0 aromatic carbocycles. The van der Waals surface area contributed by atoms with Crippen molar-refractivity contribution in [3.8, 4) is 10.7 Å². The Labute approximate surface area is 134 Å². The molecule has 23 heavy (non-hydrogen) atoms. The second-order valence-corrected chi connectivity index (χ2v) is 5.49. The van der Waals surface area contributed by atoms with Crippen molar-refractivity contribution in [1.29, 1.82) is 0 Å². The van der Waals surface area contributed by atoms with Crippen molar-refractivity contribution in [3.63, 3.8) is 0 Å². The van der Waals surface area contributed by atoms with Crippen molar-refractivity contribution in [3.05, 3.63) is 57.6 Å². The second-order valence-electron chi connectivity index (χ2n) is 4.63. The Morgan fingerprint density at radius 2 is 2.17 bits per heavy atom. The zero-order valence-corrected chi connectivity index (χ0v) is 12.9. The van der Waals surface area contributed by atoms with Crippen LogP contribution >= 0.6 is 11.3 Å². The van der Waals surface area contributed by atoms with Gasteiger partial charge in [-0.2, -0.15) is 0 Å². The number of aromatic nitrogens is 5. The van der Waals surface area contributed by atoms with E-state index in [0.717, 1.165) is 5.01 Å². The van der Waals surface area contributed by atoms with E-state index in [9.17, 15) is 9.59 Å². The molecule has 0 atom stereocenters. The molecule has 116 valence electrons. The summed E-state index contributed by atoms with van der Waals surface area (Å²) in [6.45, 7) is 1.86. The summed E-state index contributed by atoms with van der Waals surface area (Å²) < 4.78 is 0. The number of H-pyrrole nitrogens is 1. The Hall–Kier alpha value is -2.94. The van der Waals surface area contributed by atoms with E-state index in [1.54, 1.807) is 25.5 Å². The van der Waals surface area contributed by atoms with Gasteiger partial charge in [0, 0.05) is 24.0 Å². The van der Waals surface area contributed by atoms with Gasteiger partial charge in [0.2, 0.25) is 0 Å². The summed E-state index contributed by atoms with van der Waals surface area (Å²) in [5.74, 6) is -0.0348. The number of thiazole rings is 1. The first kappa shape index (κ1) is 15.0. The lowest BCUT2D eigenvalue weighted by atomic mass is 10.3. The number of hydrogen-bond donors (Lipinski definition) is 2. The minimum atomic E-state index is -0.493. The molecule has 0 radical (unpaired) electrons. The molecule has 0 saturated carbocycles. The van der Waals surface area contributed by atoms with Crippen LogP contribution in [0.25, 0.3) is 10.7 Å². The maximum Gasteiger partial charge on any atom is 0.263 e. The van der Waals surface area contributed by atoms with Gasteiger partial charge in [-0.1, -0.05) is 0 Å². The third-order valence-corrected chi connectivity index (χ3v) is 3.85. The van der Waals surface area contributed by atoms with Crippen molar-refractivity contribution >= 4 is 17.2 Å². The molecule has 0 bridgehead atoms. The van der Waals surface area contributed by atoms with Crippen LogP contribution in [0, 0.1) is 6.92 Å². The van der Waals surface area contributed by atoms with E-state index in [1.165, 1.54) is 17.5 Å². The maximum atomic E-state index is 12.0. The number of aryl methyl sites for hydroxylation is 1. The van der Waals surface area contributed by atoms with E-state index < -0.39 is 11.5 Å². The Kier molecular flexibility index (Phi) is 4.20. The first-order chi connectivity index (χ1) is 11.1. The van der Waals surface area contributed by atoms with Crippen molar-refractivity contribution in [2.45, 2.75) is 13.5 Å². The average Bonchev–Trinajstić information content (AvgIpc) is 3.02. The fourth-order valence-corrected chi connectivity index (χ4v) is 2.61. The molecule has 0 aliphatic rings. The number of aromatic amines is 1. The molecule has 3 aromatic rings. The van der Waals surface area contributed by atoms with Crippen molar-refractivity contribution in [2.75, 3.05) is 0 Å². The fraction of sp³-hybridized carbons (Fsp3) is 0.143. The monoisotopic (exact) mass is 328 g/mol. The lowest BCUT2D eigenvalue weighted by Crippen LogP contribution is -2.30. The Bertz CT molecular complexity index is 890. The van der Waals surface area contributed by atoms with Crippen LogP contribution in [-0.2, 0) is 6.54 Å². The minimum absolute atomic E-state index is 0.0278. The van der Waals surface area contributed by atoms with E-state index in [1.807, 2.05) is 5.38 Å². The molecule has 3 aromatic heterocycles. The highest BCUT2D eigenvalue weighted by atomic mass is 32.1. The van der Waals surface area contributed by atoms with Crippen LogP contribution in [0.5, 0.6) is 0 Å². The van der Waals surface area contributed by atoms with Crippen LogP contribution in [0.3, 0.4) is 0 Å². The van der Waals surface area contributed by atoms with Gasteiger partial charge in [-0.15, -0.1) is 11.3 Å². The summed E-state index contributed by atoms with van der Waals surface area (Å²) in [5.41, 5.74) is 0.864. The van der Waals surface area contributed by atoms with Gasteiger partial charge in [-0.25, -0.2) is 9.97 Å². The molecule has 0 aliphatic carbocycles. The quantitative estimate of drug-likeness (QED) is 0.736. The highest BCUT2D eigenvalue weighted by Gasteiger charge is 2.12. The first-order valence-electron chi connectivity index (χ1n) is 6.68. The lowest BCUT2D eigenvalue weighted by molar-refractivity contribution is 0.0948. The molecule has 0 fully saturated rings. The van der Waals surface area contributed by atoms with Crippen molar-refractivity contribution < 1.29 is 4.79 Å². The first-order valence-corrected chi connectivity index (χ1v) is 7.56. The van der Waals surface area contributed by atoms with Gasteiger partial charge in [-0.05, 0) is 6.92 Å². The Morgan fingerprint density at radius 1 is 1.30 bits per heavy atom. The second kappa shape index (κ2) is 6.44. The summed E-state index contributed by atoms with van der Waals surface area (Å²) in [4.78, 5) is 42.6. The molecule has 8 nitrogen and oxygen atoms in total. The molecule has 2 N–H and O–H groups in total. The van der Waals surface area contributed by atoms with E-state index in [0.29, 0.717) is 17.2 Å². The largest absolute Gasteiger partial charge is 0.346 e. The van der Waals surface area contributed by atoms with Crippen LogP contribution in [0.15, 0.2) is 35.0 Å². The molecule has 0 aliphatic heterocycles. The van der Waals surface area contributed by atoms with Crippen LogP contribution in [0.2, 0.25) is 0 Å². The van der Waals surface area contributed by atoms with Gasteiger partial charge in [0.05, 0.1) is 18.4 Å². The highest BCUT2D eigenvalue weighted by Crippen LogP contribution is 2.20. The van der Waals surface area contributed by atoms with Gasteiger partial charge in [0.15, 0.2) is 0 Å². The predicted molar refractivity (Wildman–Crippen MR) is 83.9 cm³/mol. The van der Waals surface area contributed by atoms with Gasteiger partial charge >= 0.3 is 0 Å². The molecule has 0 unspecified atom stereocenters. The number of rotatable bonds is 4. The van der Waals surface area contributed by atoms with Crippen molar-refractivity contribution in [2.24, 2.45) is 0 Å². The summed E-state index contributed by atoms with van der Waals surface area (Å²) >= 11 is 1.41. The Morgan fingerprint density at radius 3 is 2.91 bits per heavy atom. The van der Waals surface area contributed by atoms with E-state index >= 15 is 0 Å². The molecular formula is C14H12N6O2S. The molecular weight excluding hydrogens is 316 g/mol. The van der Waals surface area contributed by atoms with Crippen LogP contribution in [-0.4, -0.2) is 30.8 Å². The lowest BCUT2D eigenvalue weighted by Gasteiger charge is -2.02. The summed E-state index contributed by atoms with van der Waals surface area (Å²) in [6, 6.07) is 0. The standard InChI is InChI=1S/C14H12N6O2S/c1-8-17-5-10(13(22)19-8)12(21)18-4-9-7-23-14(20-9)11-6-15-2-3-16-11/h2-3,5-7H,4H2,1H3,(H,18,21)(H,17,19,22).